The molecule has 0 spiro atoms. The van der Waals surface area contributed by atoms with Crippen LogP contribution in [0.1, 0.15) is 0 Å². The molecule has 8 nitrogen and oxygen atoms in total. The second-order valence-electron chi connectivity index (χ2n) is 1.90. The van der Waals surface area contributed by atoms with Crippen LogP contribution in [0.2, 0.25) is 0 Å². The van der Waals surface area contributed by atoms with Crippen molar-refractivity contribution in [2.75, 3.05) is 13.1 Å². The molecule has 0 aromatic rings. The molecule has 11 heteroatoms. The molecule has 0 atom stereocenters. The second kappa shape index (κ2) is 6.66. The molecule has 0 fully saturated rings. The number of nitrogens with one attached hydrogen (secondary N) is 2. The van der Waals surface area contributed by atoms with Crippen LogP contribution in [0.4, 0.5) is 0 Å². The fraction of sp³-hybridized carbons (Fsp3) is 1.00. The summed E-state index contributed by atoms with van der Waals surface area (Å²) in [6.07, 6.45) is 0. The van der Waals surface area contributed by atoms with Crippen LogP contribution in [0.3, 0.4) is 0 Å². The Kier molecular flexibility index (Phi) is 8.52. The van der Waals surface area contributed by atoms with Crippen molar-refractivity contribution < 1.29 is 28.7 Å². The van der Waals surface area contributed by atoms with Gasteiger partial charge in [-0.2, -0.15) is 0 Å². The van der Waals surface area contributed by atoms with E-state index in [2.05, 4.69) is 0 Å². The topological polar surface area (TPSA) is 139 Å². The zero-order chi connectivity index (χ0) is 9.83. The van der Waals surface area contributed by atoms with Crippen LogP contribution in [0.15, 0.2) is 0 Å². The van der Waals surface area contributed by atoms with Gasteiger partial charge in [-0.25, -0.2) is 19.3 Å². The van der Waals surface area contributed by atoms with Crippen molar-refractivity contribution in [2.45, 2.75) is 0 Å². The first-order valence-electron chi connectivity index (χ1n) is 2.82. The summed E-state index contributed by atoms with van der Waals surface area (Å²) in [6, 6.07) is 0. The zero-order valence-corrected chi connectivity index (χ0v) is 7.70. The van der Waals surface area contributed by atoms with Crippen molar-refractivity contribution in [2.24, 2.45) is 0 Å². The molecular formula is C2H11N2NaO6P2. The minimum atomic E-state index is -4.29. The third-order valence-corrected chi connectivity index (χ3v) is 2.03. The van der Waals surface area contributed by atoms with E-state index in [-0.39, 0.29) is 42.6 Å². The van der Waals surface area contributed by atoms with E-state index in [0.29, 0.717) is 0 Å². The van der Waals surface area contributed by atoms with Gasteiger partial charge in [-0.1, -0.05) is 0 Å². The van der Waals surface area contributed by atoms with Gasteiger partial charge in [0.1, 0.15) is 0 Å². The van der Waals surface area contributed by atoms with Crippen molar-refractivity contribution in [3.8, 4) is 0 Å². The average Bonchev–Trinajstić information content (AvgIpc) is 1.76. The maximum atomic E-state index is 10.1. The van der Waals surface area contributed by atoms with E-state index >= 15 is 0 Å². The molecule has 0 unspecified atom stereocenters. The Morgan fingerprint density at radius 2 is 1.08 bits per heavy atom. The molecule has 0 radical (unpaired) electrons. The van der Waals surface area contributed by atoms with Gasteiger partial charge < -0.3 is 19.6 Å². The maximum absolute atomic E-state index is 10.1. The van der Waals surface area contributed by atoms with Gasteiger partial charge in [0.25, 0.3) is 0 Å². The van der Waals surface area contributed by atoms with E-state index < -0.39 is 15.5 Å². The summed E-state index contributed by atoms with van der Waals surface area (Å²) in [5.74, 6) is 0. The first-order chi connectivity index (χ1) is 5.21. The molecular weight excluding hydrogens is 233 g/mol. The van der Waals surface area contributed by atoms with Crippen molar-refractivity contribution in [3.05, 3.63) is 0 Å². The molecule has 0 amide bonds. The SMILES string of the molecule is O=P(O)(O)NCCNP(=O)(O)O.[NaH]. The third kappa shape index (κ3) is 15.9. The van der Waals surface area contributed by atoms with Gasteiger partial charge in [-0.3, -0.25) is 0 Å². The Bertz CT molecular complexity index is 199. The van der Waals surface area contributed by atoms with Crippen LogP contribution in [0, 0.1) is 0 Å². The molecule has 0 saturated heterocycles. The molecule has 0 aliphatic rings. The molecule has 13 heavy (non-hydrogen) atoms. The Hall–Kier alpha value is 1.22. The zero-order valence-electron chi connectivity index (χ0n) is 5.91. The van der Waals surface area contributed by atoms with Crippen LogP contribution < -0.4 is 10.2 Å². The molecule has 76 valence electrons. The number of hydrogen-bond donors (Lipinski definition) is 6. The first kappa shape index (κ1) is 16.6. The Morgan fingerprint density at radius 1 is 0.846 bits per heavy atom. The summed E-state index contributed by atoms with van der Waals surface area (Å²) in [6.45, 7) is -0.454. The van der Waals surface area contributed by atoms with Crippen molar-refractivity contribution in [1.29, 1.82) is 0 Å². The van der Waals surface area contributed by atoms with Crippen LogP contribution in [0.5, 0.6) is 0 Å². The molecule has 0 aromatic heterocycles. The minimum absolute atomic E-state index is 0. The summed E-state index contributed by atoms with van der Waals surface area (Å²) < 4.78 is 20.2. The van der Waals surface area contributed by atoms with E-state index in [1.54, 1.807) is 10.2 Å². The molecule has 0 heterocycles. The molecule has 0 saturated carbocycles. The summed E-state index contributed by atoms with van der Waals surface area (Å²) in [5.41, 5.74) is 0. The molecule has 6 N–H and O–H groups in total. The van der Waals surface area contributed by atoms with Gasteiger partial charge in [0, 0.05) is 13.1 Å². The number of rotatable bonds is 5. The molecule has 0 rings (SSSR count). The molecule has 0 bridgehead atoms. The monoisotopic (exact) mass is 244 g/mol. The average molecular weight is 244 g/mol. The van der Waals surface area contributed by atoms with Gasteiger partial charge in [-0.05, 0) is 0 Å². The first-order valence-corrected chi connectivity index (χ1v) is 6.04. The molecule has 0 aliphatic carbocycles. The fourth-order valence-corrected chi connectivity index (χ4v) is 1.21. The Labute approximate surface area is 96.8 Å². The van der Waals surface area contributed by atoms with Gasteiger partial charge in [0.05, 0.1) is 0 Å². The van der Waals surface area contributed by atoms with E-state index in [1.165, 1.54) is 0 Å². The third-order valence-electron chi connectivity index (χ3n) is 0.761. The summed E-state index contributed by atoms with van der Waals surface area (Å²) in [7, 11) is -8.58. The van der Waals surface area contributed by atoms with Crippen LogP contribution >= 0.6 is 15.5 Å². The van der Waals surface area contributed by atoms with Crippen LogP contribution in [-0.2, 0) is 9.13 Å². The standard InChI is InChI=1S/C2H10N2O6P2.Na.H/c5-11(6,7)3-1-2-4-12(8,9)10;;/h1-2H2,(H3,3,5,6,7)(H3,4,8,9,10);;. The van der Waals surface area contributed by atoms with Gasteiger partial charge >= 0.3 is 45.1 Å². The molecule has 0 aromatic carbocycles. The number of hydrogen-bond acceptors (Lipinski definition) is 2. The fourth-order valence-electron chi connectivity index (χ4n) is 0.403. The van der Waals surface area contributed by atoms with Crippen molar-refractivity contribution in [3.63, 3.8) is 0 Å². The summed E-state index contributed by atoms with van der Waals surface area (Å²) in [4.78, 5) is 32.9. The second-order valence-corrected chi connectivity index (χ2v) is 4.71. The summed E-state index contributed by atoms with van der Waals surface area (Å²) >= 11 is 0. The van der Waals surface area contributed by atoms with Gasteiger partial charge in [-0.15, -0.1) is 0 Å². The van der Waals surface area contributed by atoms with Crippen LogP contribution in [-0.4, -0.2) is 62.2 Å². The van der Waals surface area contributed by atoms with Gasteiger partial charge in [0.15, 0.2) is 0 Å². The van der Waals surface area contributed by atoms with E-state index in [1.807, 2.05) is 0 Å². The van der Waals surface area contributed by atoms with E-state index in [4.69, 9.17) is 19.6 Å². The van der Waals surface area contributed by atoms with E-state index in [0.717, 1.165) is 0 Å². The van der Waals surface area contributed by atoms with Crippen molar-refractivity contribution in [1.82, 2.24) is 10.2 Å². The predicted octanol–water partition coefficient (Wildman–Crippen LogP) is -2.30. The quantitative estimate of drug-likeness (QED) is 0.180. The van der Waals surface area contributed by atoms with Crippen LogP contribution in [0.25, 0.3) is 0 Å². The Balaban J connectivity index is 0. The predicted molar refractivity (Wildman–Crippen MR) is 47.2 cm³/mol. The normalized spacial score (nSPS) is 12.3. The Morgan fingerprint density at radius 3 is 1.23 bits per heavy atom. The van der Waals surface area contributed by atoms with Crippen molar-refractivity contribution >= 4 is 45.1 Å². The molecule has 0 aliphatic heterocycles. The van der Waals surface area contributed by atoms with Gasteiger partial charge in [0.2, 0.25) is 0 Å². The summed E-state index contributed by atoms with van der Waals surface area (Å²) in [5, 5.41) is 3.51. The van der Waals surface area contributed by atoms with E-state index in [9.17, 15) is 9.13 Å².